The molecule has 0 bridgehead atoms. The molecule has 2 aromatic rings. The van der Waals surface area contributed by atoms with Gasteiger partial charge in [-0.15, -0.1) is 0 Å². The fraction of sp³-hybridized carbons (Fsp3) is 0.316. The Bertz CT molecular complexity index is 895. The van der Waals surface area contributed by atoms with Gasteiger partial charge in [0.1, 0.15) is 11.5 Å². The number of hydrogen-bond acceptors (Lipinski definition) is 5. The average Bonchev–Trinajstić information content (AvgIpc) is 2.67. The molecule has 0 heterocycles. The Hall–Kier alpha value is -2.58. The predicted octanol–water partition coefficient (Wildman–Crippen LogP) is 2.49. The fourth-order valence-corrected chi connectivity index (χ4v) is 3.64. The Labute approximate surface area is 159 Å². The lowest BCUT2D eigenvalue weighted by Crippen LogP contribution is -2.27. The van der Waals surface area contributed by atoms with E-state index < -0.39 is 10.0 Å². The van der Waals surface area contributed by atoms with E-state index in [1.807, 2.05) is 6.92 Å². The number of sulfonamides is 1. The third-order valence-electron chi connectivity index (χ3n) is 4.01. The summed E-state index contributed by atoms with van der Waals surface area (Å²) in [7, 11) is -0.422. The minimum atomic E-state index is -3.55. The Kier molecular flexibility index (Phi) is 6.81. The van der Waals surface area contributed by atoms with Gasteiger partial charge in [-0.2, -0.15) is 0 Å². The lowest BCUT2D eigenvalue weighted by Gasteiger charge is -2.18. The van der Waals surface area contributed by atoms with Crippen LogP contribution in [0.5, 0.6) is 11.5 Å². The van der Waals surface area contributed by atoms with Crippen molar-refractivity contribution < 1.29 is 22.7 Å². The fourth-order valence-electron chi connectivity index (χ4n) is 2.59. The molecule has 146 valence electrons. The molecule has 0 radical (unpaired) electrons. The molecule has 0 spiro atoms. The summed E-state index contributed by atoms with van der Waals surface area (Å²) in [5, 5.41) is 2.88. The van der Waals surface area contributed by atoms with Crippen molar-refractivity contribution in [3.05, 3.63) is 53.6 Å². The Morgan fingerprint density at radius 1 is 1.07 bits per heavy atom. The van der Waals surface area contributed by atoms with Crippen LogP contribution in [0, 0.1) is 0 Å². The van der Waals surface area contributed by atoms with E-state index in [9.17, 15) is 13.2 Å². The standard InChI is InChI=1S/C19H24N2O5S/c1-5-20-27(23,24)16-9-6-14(7-10-16)19(22)21-13(2)17-12-15(25-3)8-11-18(17)26-4/h6-13,20H,5H2,1-4H3,(H,21,22)/t13-/m1/s1. The van der Waals surface area contributed by atoms with E-state index in [1.54, 1.807) is 39.3 Å². The van der Waals surface area contributed by atoms with Crippen LogP contribution in [0.25, 0.3) is 0 Å². The summed E-state index contributed by atoms with van der Waals surface area (Å²) in [5.41, 5.74) is 1.13. The zero-order valence-corrected chi connectivity index (χ0v) is 16.6. The number of hydrogen-bond donors (Lipinski definition) is 2. The summed E-state index contributed by atoms with van der Waals surface area (Å²) in [5.74, 6) is 0.973. The molecule has 7 nitrogen and oxygen atoms in total. The van der Waals surface area contributed by atoms with Gasteiger partial charge in [-0.1, -0.05) is 6.92 Å². The van der Waals surface area contributed by atoms with Gasteiger partial charge < -0.3 is 14.8 Å². The van der Waals surface area contributed by atoms with Crippen molar-refractivity contribution in [2.75, 3.05) is 20.8 Å². The normalized spacial score (nSPS) is 12.3. The van der Waals surface area contributed by atoms with Crippen LogP contribution in [0.3, 0.4) is 0 Å². The monoisotopic (exact) mass is 392 g/mol. The lowest BCUT2D eigenvalue weighted by molar-refractivity contribution is 0.0939. The van der Waals surface area contributed by atoms with Crippen molar-refractivity contribution in [1.82, 2.24) is 10.0 Å². The number of ether oxygens (including phenoxy) is 2. The molecule has 0 aliphatic carbocycles. The first-order valence-electron chi connectivity index (χ1n) is 8.45. The Morgan fingerprint density at radius 2 is 1.74 bits per heavy atom. The second kappa shape index (κ2) is 8.88. The van der Waals surface area contributed by atoms with Crippen LogP contribution in [-0.4, -0.2) is 35.1 Å². The van der Waals surface area contributed by atoms with Crippen LogP contribution in [0.15, 0.2) is 47.4 Å². The minimum Gasteiger partial charge on any atom is -0.497 e. The van der Waals surface area contributed by atoms with Gasteiger partial charge in [-0.05, 0) is 49.4 Å². The van der Waals surface area contributed by atoms with Crippen LogP contribution in [-0.2, 0) is 10.0 Å². The van der Waals surface area contributed by atoms with Gasteiger partial charge in [0, 0.05) is 17.7 Å². The molecule has 0 saturated carbocycles. The second-order valence-electron chi connectivity index (χ2n) is 5.83. The van der Waals surface area contributed by atoms with Gasteiger partial charge in [0.2, 0.25) is 10.0 Å². The molecule has 0 aromatic heterocycles. The third-order valence-corrected chi connectivity index (χ3v) is 5.57. The SMILES string of the molecule is CCNS(=O)(=O)c1ccc(C(=O)N[C@H](C)c2cc(OC)ccc2OC)cc1. The molecule has 2 N–H and O–H groups in total. The van der Waals surface area contributed by atoms with E-state index in [2.05, 4.69) is 10.0 Å². The van der Waals surface area contributed by atoms with Crippen LogP contribution in [0.4, 0.5) is 0 Å². The molecule has 1 atom stereocenters. The summed E-state index contributed by atoms with van der Waals surface area (Å²) < 4.78 is 36.9. The summed E-state index contributed by atoms with van der Waals surface area (Å²) in [6, 6.07) is 10.8. The third kappa shape index (κ3) is 4.99. The molecular weight excluding hydrogens is 368 g/mol. The maximum absolute atomic E-state index is 12.5. The number of amides is 1. The van der Waals surface area contributed by atoms with Crippen LogP contribution >= 0.6 is 0 Å². The van der Waals surface area contributed by atoms with Crippen molar-refractivity contribution in [2.45, 2.75) is 24.8 Å². The highest BCUT2D eigenvalue weighted by atomic mass is 32.2. The van der Waals surface area contributed by atoms with Crippen molar-refractivity contribution in [3.8, 4) is 11.5 Å². The predicted molar refractivity (Wildman–Crippen MR) is 103 cm³/mol. The highest BCUT2D eigenvalue weighted by molar-refractivity contribution is 7.89. The van der Waals surface area contributed by atoms with E-state index >= 15 is 0 Å². The first-order valence-corrected chi connectivity index (χ1v) is 9.93. The maximum Gasteiger partial charge on any atom is 0.251 e. The second-order valence-corrected chi connectivity index (χ2v) is 7.60. The van der Waals surface area contributed by atoms with E-state index in [-0.39, 0.29) is 16.8 Å². The van der Waals surface area contributed by atoms with Gasteiger partial charge in [0.25, 0.3) is 5.91 Å². The zero-order valence-electron chi connectivity index (χ0n) is 15.8. The number of carbonyl (C=O) groups excluding carboxylic acids is 1. The number of nitrogens with one attached hydrogen (secondary N) is 2. The molecule has 1 amide bonds. The van der Waals surface area contributed by atoms with E-state index in [0.29, 0.717) is 23.6 Å². The number of methoxy groups -OCH3 is 2. The highest BCUT2D eigenvalue weighted by Crippen LogP contribution is 2.29. The van der Waals surface area contributed by atoms with Gasteiger partial charge in [-0.3, -0.25) is 4.79 Å². The summed E-state index contributed by atoms with van der Waals surface area (Å²) >= 11 is 0. The largest absolute Gasteiger partial charge is 0.497 e. The average molecular weight is 392 g/mol. The molecule has 2 aromatic carbocycles. The molecule has 0 unspecified atom stereocenters. The molecule has 8 heteroatoms. The zero-order chi connectivity index (χ0) is 20.0. The number of carbonyl (C=O) groups is 1. The van der Waals surface area contributed by atoms with Crippen molar-refractivity contribution in [3.63, 3.8) is 0 Å². The summed E-state index contributed by atoms with van der Waals surface area (Å²) in [4.78, 5) is 12.6. The van der Waals surface area contributed by atoms with Gasteiger partial charge in [-0.25, -0.2) is 13.1 Å². The van der Waals surface area contributed by atoms with Crippen molar-refractivity contribution >= 4 is 15.9 Å². The minimum absolute atomic E-state index is 0.114. The van der Waals surface area contributed by atoms with Crippen LogP contribution in [0.1, 0.15) is 35.8 Å². The number of benzene rings is 2. The van der Waals surface area contributed by atoms with Gasteiger partial charge in [0.05, 0.1) is 25.2 Å². The topological polar surface area (TPSA) is 93.7 Å². The quantitative estimate of drug-likeness (QED) is 0.720. The molecule has 27 heavy (non-hydrogen) atoms. The first kappa shape index (κ1) is 20.7. The molecule has 0 aliphatic rings. The molecule has 0 fully saturated rings. The van der Waals surface area contributed by atoms with Crippen LogP contribution in [0.2, 0.25) is 0 Å². The summed E-state index contributed by atoms with van der Waals surface area (Å²) in [6.07, 6.45) is 0. The van der Waals surface area contributed by atoms with Gasteiger partial charge >= 0.3 is 0 Å². The summed E-state index contributed by atoms with van der Waals surface area (Å²) in [6.45, 7) is 3.83. The Balaban J connectivity index is 2.17. The van der Waals surface area contributed by atoms with E-state index in [0.717, 1.165) is 5.56 Å². The van der Waals surface area contributed by atoms with Crippen molar-refractivity contribution in [1.29, 1.82) is 0 Å². The molecular formula is C19H24N2O5S. The Morgan fingerprint density at radius 3 is 2.30 bits per heavy atom. The van der Waals surface area contributed by atoms with E-state index in [4.69, 9.17) is 9.47 Å². The maximum atomic E-state index is 12.5. The van der Waals surface area contributed by atoms with Gasteiger partial charge in [0.15, 0.2) is 0 Å². The lowest BCUT2D eigenvalue weighted by atomic mass is 10.1. The van der Waals surface area contributed by atoms with Crippen molar-refractivity contribution in [2.24, 2.45) is 0 Å². The smallest absolute Gasteiger partial charge is 0.251 e. The number of rotatable bonds is 8. The van der Waals surface area contributed by atoms with E-state index in [1.165, 1.54) is 24.3 Å². The molecule has 0 saturated heterocycles. The molecule has 0 aliphatic heterocycles. The molecule has 2 rings (SSSR count). The van der Waals surface area contributed by atoms with Crippen LogP contribution < -0.4 is 19.5 Å². The first-order chi connectivity index (χ1) is 12.8. The highest BCUT2D eigenvalue weighted by Gasteiger charge is 2.18.